The molecular weight excluding hydrogens is 484 g/mol. The fraction of sp³-hybridized carbons (Fsp3) is 0.389. The molecule has 0 bridgehead atoms. The lowest BCUT2D eigenvalue weighted by molar-refractivity contribution is -0.123. The molecule has 6 nitrogen and oxygen atoms in total. The average Bonchev–Trinajstić information content (AvgIpc) is 3.20. The Kier molecular flexibility index (Phi) is 5.18. The molecule has 2 amide bonds. The fourth-order valence-electron chi connectivity index (χ4n) is 3.79. The van der Waals surface area contributed by atoms with Crippen molar-refractivity contribution in [3.63, 3.8) is 0 Å². The van der Waals surface area contributed by atoms with Crippen molar-refractivity contribution in [3.8, 4) is 0 Å². The topological polar surface area (TPSA) is 74.8 Å². The monoisotopic (exact) mass is 500 g/mol. The van der Waals surface area contributed by atoms with Gasteiger partial charge in [-0.1, -0.05) is 46.8 Å². The van der Waals surface area contributed by atoms with Crippen LogP contribution in [0.2, 0.25) is 0 Å². The molecule has 10 heteroatoms. The summed E-state index contributed by atoms with van der Waals surface area (Å²) in [5, 5.41) is 0. The summed E-state index contributed by atoms with van der Waals surface area (Å²) in [6.45, 7) is 2.54. The number of sulfone groups is 1. The van der Waals surface area contributed by atoms with Crippen LogP contribution in [-0.4, -0.2) is 53.5 Å². The van der Waals surface area contributed by atoms with Crippen LogP contribution in [0.1, 0.15) is 25.3 Å². The number of nitrogens with zero attached hydrogens (tertiary/aromatic N) is 2. The first kappa shape index (κ1) is 20.1. The molecule has 0 saturated carbocycles. The normalized spacial score (nSPS) is 26.5. The zero-order chi connectivity index (χ0) is 20.2. The van der Waals surface area contributed by atoms with Crippen LogP contribution < -0.4 is 4.90 Å². The number of anilines is 1. The lowest BCUT2D eigenvalue weighted by atomic mass is 10.1. The van der Waals surface area contributed by atoms with E-state index in [0.29, 0.717) is 28.4 Å². The lowest BCUT2D eigenvalue weighted by Crippen LogP contribution is -2.39. The number of hydrogen-bond acceptors (Lipinski definition) is 6. The predicted molar refractivity (Wildman–Crippen MR) is 118 cm³/mol. The fourth-order valence-corrected chi connectivity index (χ4v) is 7.33. The molecule has 3 aliphatic rings. The third kappa shape index (κ3) is 3.24. The van der Waals surface area contributed by atoms with Crippen molar-refractivity contribution >= 4 is 77.1 Å². The highest BCUT2D eigenvalue weighted by Crippen LogP contribution is 2.46. The lowest BCUT2D eigenvalue weighted by Gasteiger charge is -2.21. The third-order valence-corrected chi connectivity index (χ3v) is 8.67. The number of thioether (sulfide) groups is 1. The molecule has 28 heavy (non-hydrogen) atoms. The summed E-state index contributed by atoms with van der Waals surface area (Å²) in [4.78, 5) is 29.7. The van der Waals surface area contributed by atoms with Gasteiger partial charge in [-0.2, -0.15) is 0 Å². The molecule has 0 N–H and O–H groups in total. The van der Waals surface area contributed by atoms with Crippen molar-refractivity contribution in [3.05, 3.63) is 33.1 Å². The minimum Gasteiger partial charge on any atom is -0.308 e. The molecule has 1 atom stereocenters. The standard InChI is InChI=1S/C18H17BrN2O4S3/c1-2-6-20-13-4-3-10(19)8-12(13)14(16(20)22)15-17(23)21(18(26)27-15)11-5-7-28(24,25)9-11/h3-4,8,11H,2,5-7,9H2,1H3/b15-14-. The quantitative estimate of drug-likeness (QED) is 0.469. The zero-order valence-corrected chi connectivity index (χ0v) is 19.0. The van der Waals surface area contributed by atoms with Gasteiger partial charge in [-0.3, -0.25) is 14.5 Å². The zero-order valence-electron chi connectivity index (χ0n) is 15.0. The van der Waals surface area contributed by atoms with E-state index < -0.39 is 15.9 Å². The summed E-state index contributed by atoms with van der Waals surface area (Å²) in [5.74, 6) is -0.612. The number of benzene rings is 1. The molecule has 1 aromatic carbocycles. The molecule has 0 radical (unpaired) electrons. The Balaban J connectivity index is 1.79. The first-order valence-corrected chi connectivity index (χ1v) is 12.7. The molecule has 2 saturated heterocycles. The molecule has 1 aromatic rings. The van der Waals surface area contributed by atoms with E-state index in [1.165, 1.54) is 4.90 Å². The summed E-state index contributed by atoms with van der Waals surface area (Å²) >= 11 is 9.92. The largest absolute Gasteiger partial charge is 0.308 e. The number of halogens is 1. The van der Waals surface area contributed by atoms with Gasteiger partial charge < -0.3 is 4.90 Å². The Morgan fingerprint density at radius 1 is 1.29 bits per heavy atom. The van der Waals surface area contributed by atoms with E-state index in [0.717, 1.165) is 28.3 Å². The smallest absolute Gasteiger partial charge is 0.267 e. The van der Waals surface area contributed by atoms with Crippen LogP contribution in [0.25, 0.3) is 5.57 Å². The molecule has 0 aromatic heterocycles. The molecule has 2 fully saturated rings. The van der Waals surface area contributed by atoms with Crippen LogP contribution in [-0.2, 0) is 19.4 Å². The molecule has 1 unspecified atom stereocenters. The highest BCUT2D eigenvalue weighted by atomic mass is 79.9. The average molecular weight is 501 g/mol. The van der Waals surface area contributed by atoms with Crippen LogP contribution in [0, 0.1) is 0 Å². The van der Waals surface area contributed by atoms with E-state index in [1.54, 1.807) is 4.90 Å². The van der Waals surface area contributed by atoms with Crippen molar-refractivity contribution in [2.24, 2.45) is 0 Å². The summed E-state index contributed by atoms with van der Waals surface area (Å²) < 4.78 is 24.8. The third-order valence-electron chi connectivity index (χ3n) is 5.02. The molecule has 0 spiro atoms. The van der Waals surface area contributed by atoms with Gasteiger partial charge in [-0.05, 0) is 31.0 Å². The summed E-state index contributed by atoms with van der Waals surface area (Å²) in [6, 6.07) is 5.11. The predicted octanol–water partition coefficient (Wildman–Crippen LogP) is 2.96. The number of carbonyl (C=O) groups is 2. The van der Waals surface area contributed by atoms with E-state index >= 15 is 0 Å². The highest BCUT2D eigenvalue weighted by Gasteiger charge is 2.46. The van der Waals surface area contributed by atoms with Gasteiger partial charge in [-0.15, -0.1) is 0 Å². The Morgan fingerprint density at radius 2 is 2.04 bits per heavy atom. The van der Waals surface area contributed by atoms with Crippen LogP contribution in [0.3, 0.4) is 0 Å². The maximum Gasteiger partial charge on any atom is 0.267 e. The second-order valence-electron chi connectivity index (χ2n) is 6.92. The van der Waals surface area contributed by atoms with Gasteiger partial charge in [0.1, 0.15) is 4.32 Å². The van der Waals surface area contributed by atoms with Gasteiger partial charge >= 0.3 is 0 Å². The summed E-state index contributed by atoms with van der Waals surface area (Å²) in [6.07, 6.45) is 1.16. The van der Waals surface area contributed by atoms with E-state index in [-0.39, 0.29) is 28.2 Å². The second kappa shape index (κ2) is 7.23. The molecule has 3 heterocycles. The van der Waals surface area contributed by atoms with Gasteiger partial charge in [0, 0.05) is 16.6 Å². The van der Waals surface area contributed by atoms with Crippen molar-refractivity contribution in [2.75, 3.05) is 23.0 Å². The Hall–Kier alpha value is -1.23. The summed E-state index contributed by atoms with van der Waals surface area (Å²) in [5.41, 5.74) is 1.83. The van der Waals surface area contributed by atoms with Crippen molar-refractivity contribution in [1.82, 2.24) is 4.90 Å². The van der Waals surface area contributed by atoms with Crippen LogP contribution >= 0.6 is 39.9 Å². The molecule has 4 rings (SSSR count). The van der Waals surface area contributed by atoms with Crippen LogP contribution in [0.4, 0.5) is 5.69 Å². The number of fused-ring (bicyclic) bond motifs is 1. The van der Waals surface area contributed by atoms with Crippen molar-refractivity contribution in [2.45, 2.75) is 25.8 Å². The van der Waals surface area contributed by atoms with E-state index in [4.69, 9.17) is 12.2 Å². The highest BCUT2D eigenvalue weighted by molar-refractivity contribution is 9.10. The van der Waals surface area contributed by atoms with Crippen LogP contribution in [0.15, 0.2) is 27.6 Å². The minimum absolute atomic E-state index is 0.0552. The van der Waals surface area contributed by atoms with Gasteiger partial charge in [0.2, 0.25) is 0 Å². The number of rotatable bonds is 3. The van der Waals surface area contributed by atoms with E-state index in [9.17, 15) is 18.0 Å². The Morgan fingerprint density at radius 3 is 2.68 bits per heavy atom. The number of amides is 2. The second-order valence-corrected chi connectivity index (χ2v) is 11.7. The first-order valence-electron chi connectivity index (χ1n) is 8.85. The van der Waals surface area contributed by atoms with E-state index in [1.807, 2.05) is 25.1 Å². The number of thiocarbonyl (C=S) groups is 1. The van der Waals surface area contributed by atoms with Gasteiger partial charge in [0.25, 0.3) is 11.8 Å². The molecule has 3 aliphatic heterocycles. The van der Waals surface area contributed by atoms with Crippen molar-refractivity contribution in [1.29, 1.82) is 0 Å². The van der Waals surface area contributed by atoms with Gasteiger partial charge in [0.05, 0.1) is 33.7 Å². The Bertz CT molecular complexity index is 1050. The maximum absolute atomic E-state index is 13.2. The maximum atomic E-state index is 13.2. The SMILES string of the molecule is CCCN1C(=O)/C(=C2\SC(=S)N(C3CCS(=O)(=O)C3)C2=O)c2cc(Br)ccc21. The number of hydrogen-bond donors (Lipinski definition) is 0. The summed E-state index contributed by atoms with van der Waals surface area (Å²) in [7, 11) is -3.16. The van der Waals surface area contributed by atoms with Gasteiger partial charge in [-0.25, -0.2) is 8.42 Å². The van der Waals surface area contributed by atoms with E-state index in [2.05, 4.69) is 15.9 Å². The molecular formula is C18H17BrN2O4S3. The molecule has 0 aliphatic carbocycles. The Labute approximate surface area is 181 Å². The number of carbonyl (C=O) groups excluding carboxylic acids is 2. The van der Waals surface area contributed by atoms with Crippen molar-refractivity contribution < 1.29 is 18.0 Å². The van der Waals surface area contributed by atoms with Gasteiger partial charge in [0.15, 0.2) is 9.84 Å². The minimum atomic E-state index is -3.16. The molecule has 148 valence electrons. The first-order chi connectivity index (χ1) is 13.2. The van der Waals surface area contributed by atoms with Crippen LogP contribution in [0.5, 0.6) is 0 Å².